The van der Waals surface area contributed by atoms with Crippen LogP contribution in [0.5, 0.6) is 0 Å². The molecule has 110 valence electrons. The van der Waals surface area contributed by atoms with Crippen LogP contribution < -0.4 is 11.1 Å². The predicted molar refractivity (Wildman–Crippen MR) is 76.8 cm³/mol. The third kappa shape index (κ3) is 2.61. The van der Waals surface area contributed by atoms with E-state index in [9.17, 15) is 13.2 Å². The van der Waals surface area contributed by atoms with E-state index in [0.29, 0.717) is 18.7 Å². The summed E-state index contributed by atoms with van der Waals surface area (Å²) in [4.78, 5) is 11.8. The van der Waals surface area contributed by atoms with Crippen molar-refractivity contribution in [3.63, 3.8) is 0 Å². The number of benzene rings is 1. The van der Waals surface area contributed by atoms with E-state index >= 15 is 0 Å². The van der Waals surface area contributed by atoms with Gasteiger partial charge in [-0.25, -0.2) is 8.42 Å². The van der Waals surface area contributed by atoms with Crippen molar-refractivity contribution in [1.82, 2.24) is 9.62 Å². The second kappa shape index (κ2) is 5.59. The maximum atomic E-state index is 12.6. The van der Waals surface area contributed by atoms with Crippen molar-refractivity contribution in [2.24, 2.45) is 0 Å². The first-order valence-electron chi connectivity index (χ1n) is 6.22. The van der Waals surface area contributed by atoms with Crippen molar-refractivity contribution < 1.29 is 13.2 Å². The van der Waals surface area contributed by atoms with Gasteiger partial charge in [0, 0.05) is 13.1 Å². The Hall–Kier alpha value is -1.31. The van der Waals surface area contributed by atoms with Gasteiger partial charge >= 0.3 is 0 Å². The highest BCUT2D eigenvalue weighted by molar-refractivity contribution is 7.89. The molecule has 1 aliphatic heterocycles. The molecule has 1 aromatic rings. The van der Waals surface area contributed by atoms with Gasteiger partial charge in [0.15, 0.2) is 0 Å². The van der Waals surface area contributed by atoms with E-state index in [1.54, 1.807) is 6.92 Å². The number of hydrogen-bond acceptors (Lipinski definition) is 4. The molecular weight excluding hydrogens is 302 g/mol. The van der Waals surface area contributed by atoms with Gasteiger partial charge in [-0.15, -0.1) is 0 Å². The molecular formula is C12H16ClN3O3S. The average Bonchev–Trinajstić information content (AvgIpc) is 2.41. The maximum Gasteiger partial charge on any atom is 0.243 e. The molecule has 8 heteroatoms. The SMILES string of the molecule is CCC1C(=O)NCCN1S(=O)(=O)c1ccc(N)c(Cl)c1. The van der Waals surface area contributed by atoms with Gasteiger partial charge in [0.2, 0.25) is 15.9 Å². The molecule has 2 rings (SSSR count). The zero-order valence-electron chi connectivity index (χ0n) is 11.0. The fraction of sp³-hybridized carbons (Fsp3) is 0.417. The molecule has 0 saturated carbocycles. The summed E-state index contributed by atoms with van der Waals surface area (Å²) in [7, 11) is -3.76. The summed E-state index contributed by atoms with van der Waals surface area (Å²) in [6, 6.07) is 3.46. The van der Waals surface area contributed by atoms with Crippen molar-refractivity contribution in [3.05, 3.63) is 23.2 Å². The molecule has 0 aliphatic carbocycles. The Morgan fingerprint density at radius 2 is 2.20 bits per heavy atom. The van der Waals surface area contributed by atoms with E-state index in [2.05, 4.69) is 5.32 Å². The molecule has 1 unspecified atom stereocenters. The van der Waals surface area contributed by atoms with Gasteiger partial charge in [-0.2, -0.15) is 4.31 Å². The average molecular weight is 318 g/mol. The summed E-state index contributed by atoms with van der Waals surface area (Å²) in [5.41, 5.74) is 5.90. The smallest absolute Gasteiger partial charge is 0.243 e. The van der Waals surface area contributed by atoms with Crippen LogP contribution in [0.2, 0.25) is 5.02 Å². The number of nitrogen functional groups attached to an aromatic ring is 1. The van der Waals surface area contributed by atoms with E-state index in [0.717, 1.165) is 0 Å². The lowest BCUT2D eigenvalue weighted by molar-refractivity contribution is -0.126. The number of hydrogen-bond donors (Lipinski definition) is 2. The van der Waals surface area contributed by atoms with E-state index in [4.69, 9.17) is 17.3 Å². The highest BCUT2D eigenvalue weighted by atomic mass is 35.5. The Kier molecular flexibility index (Phi) is 4.22. The number of nitrogens with two attached hydrogens (primary N) is 1. The van der Waals surface area contributed by atoms with Crippen LogP contribution in [0.4, 0.5) is 5.69 Å². The first-order chi connectivity index (χ1) is 9.37. The Morgan fingerprint density at radius 1 is 1.50 bits per heavy atom. The minimum atomic E-state index is -3.76. The van der Waals surface area contributed by atoms with E-state index in [1.807, 2.05) is 0 Å². The number of rotatable bonds is 3. The predicted octanol–water partition coefficient (Wildman–Crippen LogP) is 0.821. The first-order valence-corrected chi connectivity index (χ1v) is 8.04. The van der Waals surface area contributed by atoms with Crippen LogP contribution in [-0.4, -0.2) is 37.8 Å². The van der Waals surface area contributed by atoms with Gasteiger partial charge in [-0.1, -0.05) is 18.5 Å². The maximum absolute atomic E-state index is 12.6. The van der Waals surface area contributed by atoms with E-state index < -0.39 is 16.1 Å². The van der Waals surface area contributed by atoms with E-state index in [1.165, 1.54) is 22.5 Å². The monoisotopic (exact) mass is 317 g/mol. The topological polar surface area (TPSA) is 92.5 Å². The summed E-state index contributed by atoms with van der Waals surface area (Å²) < 4.78 is 26.4. The minimum absolute atomic E-state index is 0.0462. The summed E-state index contributed by atoms with van der Waals surface area (Å²) in [5.74, 6) is -0.274. The van der Waals surface area contributed by atoms with Crippen LogP contribution in [0.1, 0.15) is 13.3 Å². The zero-order chi connectivity index (χ0) is 14.9. The van der Waals surface area contributed by atoms with Crippen molar-refractivity contribution in [3.8, 4) is 0 Å². The third-order valence-corrected chi connectivity index (χ3v) is 5.48. The molecule has 0 bridgehead atoms. The number of carbonyl (C=O) groups is 1. The fourth-order valence-corrected chi connectivity index (χ4v) is 4.11. The molecule has 0 spiro atoms. The molecule has 1 aromatic carbocycles. The number of halogens is 1. The van der Waals surface area contributed by atoms with Gasteiger partial charge in [-0.05, 0) is 24.6 Å². The van der Waals surface area contributed by atoms with Crippen molar-refractivity contribution in [2.75, 3.05) is 18.8 Å². The Balaban J connectivity index is 2.42. The molecule has 1 heterocycles. The van der Waals surface area contributed by atoms with Gasteiger partial charge in [-0.3, -0.25) is 4.79 Å². The van der Waals surface area contributed by atoms with Gasteiger partial charge in [0.05, 0.1) is 15.6 Å². The van der Waals surface area contributed by atoms with Crippen LogP contribution in [0.25, 0.3) is 0 Å². The summed E-state index contributed by atoms with van der Waals surface area (Å²) in [6.07, 6.45) is 0.410. The highest BCUT2D eigenvalue weighted by Gasteiger charge is 2.37. The number of anilines is 1. The number of piperazine rings is 1. The van der Waals surface area contributed by atoms with Gasteiger partial charge in [0.25, 0.3) is 0 Å². The standard InChI is InChI=1S/C12H16ClN3O3S/c1-2-11-12(17)15-5-6-16(11)20(18,19)8-3-4-10(14)9(13)7-8/h3-4,7,11H,2,5-6,14H2,1H3,(H,15,17). The molecule has 3 N–H and O–H groups in total. The van der Waals surface area contributed by atoms with Crippen LogP contribution in [-0.2, 0) is 14.8 Å². The van der Waals surface area contributed by atoms with Crippen LogP contribution >= 0.6 is 11.6 Å². The lowest BCUT2D eigenvalue weighted by Gasteiger charge is -2.33. The van der Waals surface area contributed by atoms with Crippen LogP contribution in [0.3, 0.4) is 0 Å². The molecule has 1 saturated heterocycles. The number of nitrogens with one attached hydrogen (secondary N) is 1. The second-order valence-corrected chi connectivity index (χ2v) is 6.81. The number of carbonyl (C=O) groups excluding carboxylic acids is 1. The first kappa shape index (κ1) is 15.1. The lowest BCUT2D eigenvalue weighted by atomic mass is 10.2. The summed E-state index contributed by atoms with van der Waals surface area (Å²) in [6.45, 7) is 2.32. The summed E-state index contributed by atoms with van der Waals surface area (Å²) >= 11 is 5.87. The van der Waals surface area contributed by atoms with Crippen LogP contribution in [0, 0.1) is 0 Å². The van der Waals surface area contributed by atoms with Crippen molar-refractivity contribution in [1.29, 1.82) is 0 Å². The molecule has 1 amide bonds. The Labute approximate surface area is 122 Å². The highest BCUT2D eigenvalue weighted by Crippen LogP contribution is 2.26. The number of sulfonamides is 1. The lowest BCUT2D eigenvalue weighted by Crippen LogP contribution is -2.56. The summed E-state index contributed by atoms with van der Waals surface area (Å²) in [5, 5.41) is 2.85. The quantitative estimate of drug-likeness (QED) is 0.807. The number of amides is 1. The van der Waals surface area contributed by atoms with Gasteiger partial charge in [0.1, 0.15) is 6.04 Å². The van der Waals surface area contributed by atoms with Crippen LogP contribution in [0.15, 0.2) is 23.1 Å². The van der Waals surface area contributed by atoms with Crippen molar-refractivity contribution in [2.45, 2.75) is 24.3 Å². The second-order valence-electron chi connectivity index (χ2n) is 4.51. The minimum Gasteiger partial charge on any atom is -0.398 e. The molecule has 20 heavy (non-hydrogen) atoms. The van der Waals surface area contributed by atoms with E-state index in [-0.39, 0.29) is 22.4 Å². The number of nitrogens with zero attached hydrogens (tertiary/aromatic N) is 1. The fourth-order valence-electron chi connectivity index (χ4n) is 2.17. The van der Waals surface area contributed by atoms with Gasteiger partial charge < -0.3 is 11.1 Å². The molecule has 1 aliphatic rings. The van der Waals surface area contributed by atoms with Crippen molar-refractivity contribution >= 4 is 33.2 Å². The molecule has 0 aromatic heterocycles. The Bertz CT molecular complexity index is 633. The molecule has 1 fully saturated rings. The normalized spacial score (nSPS) is 20.7. The molecule has 1 atom stereocenters. The molecule has 6 nitrogen and oxygen atoms in total. The third-order valence-electron chi connectivity index (χ3n) is 3.25. The largest absolute Gasteiger partial charge is 0.398 e. The Morgan fingerprint density at radius 3 is 2.80 bits per heavy atom. The zero-order valence-corrected chi connectivity index (χ0v) is 12.5. The molecule has 0 radical (unpaired) electrons.